The quantitative estimate of drug-likeness (QED) is 0.161. The normalized spacial score (nSPS) is 20.2. The van der Waals surface area contributed by atoms with E-state index >= 15 is 0 Å². The van der Waals surface area contributed by atoms with E-state index in [0.717, 1.165) is 46.4 Å². The molecule has 0 aliphatic carbocycles. The summed E-state index contributed by atoms with van der Waals surface area (Å²) < 4.78 is 21.6. The number of aromatic nitrogens is 2. The summed E-state index contributed by atoms with van der Waals surface area (Å²) in [4.78, 5) is 24.6. The second-order valence-electron chi connectivity index (χ2n) is 15.6. The molecular weight excluding hydrogens is 636 g/mol. The Kier molecular flexibility index (Phi) is 7.41. The lowest BCUT2D eigenvalue weighted by Crippen LogP contribution is -2.70. The van der Waals surface area contributed by atoms with E-state index in [1.807, 2.05) is 32.9 Å². The smallest absolute Gasteiger partial charge is 0.463 e. The highest BCUT2D eigenvalue weighted by atomic mass is 16.6. The molecule has 2 aromatic rings. The Morgan fingerprint density at radius 3 is 2.20 bits per heavy atom. The highest BCUT2D eigenvalue weighted by Gasteiger charge is 2.72. The number of nitrogens with zero attached hydrogens (tertiary/aromatic N) is 4. The summed E-state index contributed by atoms with van der Waals surface area (Å²) in [5.74, 6) is -0.824. The van der Waals surface area contributed by atoms with E-state index < -0.39 is 11.3 Å². The van der Waals surface area contributed by atoms with Crippen molar-refractivity contribution in [3.8, 4) is 0 Å². The number of ketones is 1. The van der Waals surface area contributed by atoms with Crippen LogP contribution in [0.1, 0.15) is 101 Å². The molecule has 6 aliphatic heterocycles. The molecule has 1 unspecified atom stereocenters. The summed E-state index contributed by atoms with van der Waals surface area (Å²) in [5, 5.41) is 2.31. The molecule has 0 fully saturated rings. The van der Waals surface area contributed by atoms with Gasteiger partial charge >= 0.3 is 11.9 Å². The average molecular weight is 685 g/mol. The maximum absolute atomic E-state index is 12.4. The van der Waals surface area contributed by atoms with Gasteiger partial charge in [-0.15, -0.1) is 0 Å². The number of carbonyl (C=O) groups excluding carboxylic acids is 2. The summed E-state index contributed by atoms with van der Waals surface area (Å²) in [5.41, 5.74) is 16.2. The zero-order chi connectivity index (χ0) is 36.3. The molecule has 0 aromatic carbocycles. The van der Waals surface area contributed by atoms with Gasteiger partial charge in [-0.05, 0) is 91.9 Å². The maximum Gasteiger partial charge on any atom is 0.553 e. The zero-order valence-corrected chi connectivity index (χ0v) is 31.2. The van der Waals surface area contributed by atoms with Crippen LogP contribution >= 0.6 is 0 Å². The molecule has 2 aromatic heterocycles. The monoisotopic (exact) mass is 684 g/mol. The molecule has 6 aliphatic rings. The van der Waals surface area contributed by atoms with Crippen molar-refractivity contribution < 1.29 is 28.2 Å². The van der Waals surface area contributed by atoms with E-state index in [1.54, 1.807) is 6.92 Å². The molecule has 51 heavy (non-hydrogen) atoms. The van der Waals surface area contributed by atoms with Gasteiger partial charge in [0, 0.05) is 58.6 Å². The molecule has 262 valence electrons. The lowest BCUT2D eigenvalue weighted by molar-refractivity contribution is -0.837. The SMILES string of the molecule is C=Cc1c(C)c2n3c1C=c1c(C)c(C=C)c4n1C31[N+]3=C(C=4)C(C)=C(CCC(C)=O)C3=CC3=[N+]1C(=C2)C(C)=C3CCCOCCOC(=O)C(C)(C)C. The fourth-order valence-electron chi connectivity index (χ4n) is 9.05. The van der Waals surface area contributed by atoms with Crippen LogP contribution in [0.5, 0.6) is 0 Å². The van der Waals surface area contributed by atoms with Crippen molar-refractivity contribution in [3.63, 3.8) is 0 Å². The van der Waals surface area contributed by atoms with E-state index in [1.165, 1.54) is 55.9 Å². The topological polar surface area (TPSA) is 68.5 Å². The van der Waals surface area contributed by atoms with E-state index in [2.05, 4.69) is 83.4 Å². The molecule has 8 nitrogen and oxygen atoms in total. The minimum Gasteiger partial charge on any atom is -0.463 e. The van der Waals surface area contributed by atoms with Gasteiger partial charge in [0.05, 0.1) is 40.2 Å². The molecular formula is C43H48N4O4+2. The maximum atomic E-state index is 12.4. The van der Waals surface area contributed by atoms with Crippen LogP contribution in [-0.4, -0.2) is 61.3 Å². The highest BCUT2D eigenvalue weighted by Crippen LogP contribution is 2.51. The number of esters is 1. The van der Waals surface area contributed by atoms with Gasteiger partial charge in [-0.3, -0.25) is 4.79 Å². The molecule has 1 atom stereocenters. The minimum atomic E-state index is -0.800. The molecule has 0 bridgehead atoms. The van der Waals surface area contributed by atoms with E-state index in [-0.39, 0.29) is 18.4 Å². The average Bonchev–Trinajstić information content (AvgIpc) is 3.72. The van der Waals surface area contributed by atoms with Crippen molar-refractivity contribution >= 4 is 53.6 Å². The van der Waals surface area contributed by atoms with Crippen LogP contribution in [0, 0.1) is 19.3 Å². The van der Waals surface area contributed by atoms with Gasteiger partial charge in [0.15, 0.2) is 0 Å². The fourth-order valence-corrected chi connectivity index (χ4v) is 9.05. The zero-order valence-electron chi connectivity index (χ0n) is 31.2. The molecule has 8 heteroatoms. The predicted octanol–water partition coefficient (Wildman–Crippen LogP) is 5.82. The van der Waals surface area contributed by atoms with Crippen LogP contribution in [0.15, 0.2) is 52.9 Å². The minimum absolute atomic E-state index is 0.193. The van der Waals surface area contributed by atoms with Gasteiger partial charge in [0.1, 0.15) is 12.4 Å². The summed E-state index contributed by atoms with van der Waals surface area (Å²) in [6, 6.07) is 0. The van der Waals surface area contributed by atoms with E-state index in [9.17, 15) is 9.59 Å². The Bertz CT molecular complexity index is 2390. The van der Waals surface area contributed by atoms with Crippen LogP contribution in [0.2, 0.25) is 0 Å². The number of Topliss-reactive ketones (excluding diaryl/α,β-unsaturated/α-hetero) is 1. The largest absolute Gasteiger partial charge is 0.553 e. The van der Waals surface area contributed by atoms with Crippen molar-refractivity contribution in [1.29, 1.82) is 0 Å². The number of hydrogen-bond donors (Lipinski definition) is 0. The molecule has 0 saturated carbocycles. The standard InChI is InChI=1S/C43H48N4O4/c1-11-29-25(4)33-20-34-27(6)31(14-13-17-50-18-19-51-41(49)42(8,9)10)39-23-40-32(16-15-24(3)48)28(7)36-22-38-30(12-2)26(5)35-21-37(29)44(33)43(45(35)38,46(34)39)47(36)40/h11-12,20-23H,1-2,13-19H2,3-10H3/q+2. The number of ether oxygens (including phenoxy) is 2. The summed E-state index contributed by atoms with van der Waals surface area (Å²) >= 11 is 0. The molecule has 8 rings (SSSR count). The van der Waals surface area contributed by atoms with Crippen molar-refractivity contribution in [2.24, 2.45) is 5.41 Å². The fraction of sp³-hybridized carbons (Fsp3) is 0.395. The molecule has 0 saturated heterocycles. The van der Waals surface area contributed by atoms with Gasteiger partial charge in [-0.25, -0.2) is 0 Å². The molecule has 0 radical (unpaired) electrons. The Balaban J connectivity index is 1.30. The van der Waals surface area contributed by atoms with Crippen LogP contribution in [0.3, 0.4) is 0 Å². The first kappa shape index (κ1) is 33.3. The first-order valence-electron chi connectivity index (χ1n) is 18.2. The second-order valence-corrected chi connectivity index (χ2v) is 15.6. The third-order valence-electron chi connectivity index (χ3n) is 11.6. The predicted molar refractivity (Wildman–Crippen MR) is 202 cm³/mol. The molecule has 1 spiro atoms. The van der Waals surface area contributed by atoms with Crippen LogP contribution in [-0.2, 0) is 25.0 Å². The summed E-state index contributed by atoms with van der Waals surface area (Å²) in [7, 11) is 0. The van der Waals surface area contributed by atoms with Crippen molar-refractivity contribution in [2.45, 2.75) is 87.0 Å². The second kappa shape index (κ2) is 11.3. The van der Waals surface area contributed by atoms with Gasteiger partial charge in [-0.2, -0.15) is 9.13 Å². The summed E-state index contributed by atoms with van der Waals surface area (Å²) in [6.45, 7) is 25.9. The Labute approximate surface area is 299 Å². The van der Waals surface area contributed by atoms with Gasteiger partial charge in [0.2, 0.25) is 22.8 Å². The first-order valence-corrected chi connectivity index (χ1v) is 18.2. The lowest BCUT2D eigenvalue weighted by Gasteiger charge is -2.38. The van der Waals surface area contributed by atoms with Crippen LogP contribution in [0.4, 0.5) is 0 Å². The molecule has 0 N–H and O–H groups in total. The third-order valence-corrected chi connectivity index (χ3v) is 11.6. The van der Waals surface area contributed by atoms with Crippen molar-refractivity contribution in [2.75, 3.05) is 19.8 Å². The van der Waals surface area contributed by atoms with Gasteiger partial charge in [0.25, 0.3) is 0 Å². The molecule has 0 amide bonds. The third kappa shape index (κ3) is 4.29. The number of allylic oxidation sites excluding steroid dienone is 5. The Morgan fingerprint density at radius 2 is 1.51 bits per heavy atom. The van der Waals surface area contributed by atoms with Crippen LogP contribution < -0.4 is 10.7 Å². The Morgan fingerprint density at radius 1 is 0.784 bits per heavy atom. The van der Waals surface area contributed by atoms with Crippen molar-refractivity contribution in [3.05, 3.63) is 97.3 Å². The number of rotatable bonds is 12. The highest BCUT2D eigenvalue weighted by molar-refractivity contribution is 6.20. The summed E-state index contributed by atoms with van der Waals surface area (Å²) in [6.07, 6.45) is 16.3. The van der Waals surface area contributed by atoms with Gasteiger partial charge < -0.3 is 14.3 Å². The molecule has 8 heterocycles. The van der Waals surface area contributed by atoms with E-state index in [0.29, 0.717) is 26.1 Å². The first-order chi connectivity index (χ1) is 24.3. The lowest BCUT2D eigenvalue weighted by atomic mass is 9.96. The van der Waals surface area contributed by atoms with E-state index in [4.69, 9.17) is 9.47 Å². The number of carbonyl (C=O) groups is 2. The van der Waals surface area contributed by atoms with Crippen molar-refractivity contribution in [1.82, 2.24) is 9.13 Å². The number of hydrogen-bond acceptors (Lipinski definition) is 4. The Hall–Kier alpha value is -4.82. The van der Waals surface area contributed by atoms with Gasteiger partial charge in [-0.1, -0.05) is 34.5 Å². The van der Waals surface area contributed by atoms with Crippen LogP contribution in [0.25, 0.3) is 30.4 Å².